The maximum absolute atomic E-state index is 13.2. The van der Waals surface area contributed by atoms with E-state index in [-0.39, 0.29) is 13.1 Å². The first-order chi connectivity index (χ1) is 11.5. The molecule has 0 spiro atoms. The van der Waals surface area contributed by atoms with Gasteiger partial charge in [0, 0.05) is 38.6 Å². The molecule has 1 atom stereocenters. The molecule has 10 heteroatoms. The number of halogens is 8. The number of alkyl halides is 8. The van der Waals surface area contributed by atoms with Crippen LogP contribution >= 0.6 is 0 Å². The van der Waals surface area contributed by atoms with Crippen LogP contribution < -0.4 is 5.32 Å². The lowest BCUT2D eigenvalue weighted by Gasteiger charge is -2.36. The lowest BCUT2D eigenvalue weighted by molar-refractivity contribution is -0.142. The van der Waals surface area contributed by atoms with E-state index in [2.05, 4.69) is 5.32 Å². The van der Waals surface area contributed by atoms with Crippen molar-refractivity contribution in [2.24, 2.45) is 0 Å². The van der Waals surface area contributed by atoms with Crippen LogP contribution in [0, 0.1) is 0 Å². The number of rotatable bonds is 4. The molecule has 1 heterocycles. The van der Waals surface area contributed by atoms with Gasteiger partial charge in [0.25, 0.3) is 0 Å². The van der Waals surface area contributed by atoms with E-state index in [4.69, 9.17) is 0 Å². The molecular formula is C15H16F8N2. The summed E-state index contributed by atoms with van der Waals surface area (Å²) < 4.78 is 104. The highest BCUT2D eigenvalue weighted by molar-refractivity contribution is 5.38. The zero-order valence-electron chi connectivity index (χ0n) is 12.9. The Balaban J connectivity index is 2.55. The van der Waals surface area contributed by atoms with Gasteiger partial charge in [-0.15, -0.1) is 0 Å². The first-order valence-electron chi connectivity index (χ1n) is 7.51. The minimum Gasteiger partial charge on any atom is -0.314 e. The van der Waals surface area contributed by atoms with E-state index in [1.807, 2.05) is 0 Å². The summed E-state index contributed by atoms with van der Waals surface area (Å²) in [5.74, 6) is 0. The van der Waals surface area contributed by atoms with Crippen molar-refractivity contribution >= 4 is 0 Å². The molecule has 0 aromatic heterocycles. The van der Waals surface area contributed by atoms with Crippen molar-refractivity contribution in [3.63, 3.8) is 0 Å². The fourth-order valence-electron chi connectivity index (χ4n) is 2.91. The van der Waals surface area contributed by atoms with Crippen molar-refractivity contribution in [3.8, 4) is 0 Å². The molecule has 142 valence electrons. The van der Waals surface area contributed by atoms with E-state index < -0.39 is 47.9 Å². The molecule has 0 unspecified atom stereocenters. The van der Waals surface area contributed by atoms with Crippen molar-refractivity contribution in [1.82, 2.24) is 10.2 Å². The molecule has 25 heavy (non-hydrogen) atoms. The summed E-state index contributed by atoms with van der Waals surface area (Å²) in [6.07, 6.45) is -13.7. The standard InChI is InChI=1S/C15H16F8N2/c16-13(17)8-12(25-5-3-24-4-6-25)10-7-9(14(18,19)20)1-2-11(10)15(21,22)23/h1-2,7,12-13,24H,3-6,8H2/t12-/m0/s1. The summed E-state index contributed by atoms with van der Waals surface area (Å²) in [5.41, 5.74) is -3.36. The Bertz CT molecular complexity index is 576. The highest BCUT2D eigenvalue weighted by Crippen LogP contribution is 2.41. The van der Waals surface area contributed by atoms with E-state index in [9.17, 15) is 35.1 Å². The van der Waals surface area contributed by atoms with Gasteiger partial charge in [0.15, 0.2) is 0 Å². The fraction of sp³-hybridized carbons (Fsp3) is 0.600. The van der Waals surface area contributed by atoms with Crippen LogP contribution in [0.5, 0.6) is 0 Å². The van der Waals surface area contributed by atoms with Crippen LogP contribution in [-0.4, -0.2) is 37.5 Å². The van der Waals surface area contributed by atoms with Gasteiger partial charge in [-0.3, -0.25) is 4.90 Å². The molecule has 0 bridgehead atoms. The van der Waals surface area contributed by atoms with Crippen LogP contribution in [0.1, 0.15) is 29.2 Å². The van der Waals surface area contributed by atoms with E-state index in [1.165, 1.54) is 4.90 Å². The zero-order chi connectivity index (χ0) is 18.8. The highest BCUT2D eigenvalue weighted by atomic mass is 19.4. The van der Waals surface area contributed by atoms with Gasteiger partial charge in [-0.05, 0) is 23.8 Å². The average Bonchev–Trinajstić information content (AvgIpc) is 2.51. The molecule has 1 aliphatic heterocycles. The van der Waals surface area contributed by atoms with E-state index in [0.29, 0.717) is 31.3 Å². The summed E-state index contributed by atoms with van der Waals surface area (Å²) in [6.45, 7) is 1.07. The Morgan fingerprint density at radius 3 is 2.04 bits per heavy atom. The van der Waals surface area contributed by atoms with Gasteiger partial charge in [-0.2, -0.15) is 26.3 Å². The van der Waals surface area contributed by atoms with Gasteiger partial charge >= 0.3 is 12.4 Å². The molecule has 0 aliphatic carbocycles. The van der Waals surface area contributed by atoms with Gasteiger partial charge in [-0.25, -0.2) is 8.78 Å². The highest BCUT2D eigenvalue weighted by Gasteiger charge is 2.40. The summed E-state index contributed by atoms with van der Waals surface area (Å²) >= 11 is 0. The van der Waals surface area contributed by atoms with Crippen LogP contribution in [0.4, 0.5) is 35.1 Å². The Kier molecular flexibility index (Phi) is 5.93. The lowest BCUT2D eigenvalue weighted by Crippen LogP contribution is -2.46. The molecule has 2 rings (SSSR count). The number of nitrogens with zero attached hydrogens (tertiary/aromatic N) is 1. The smallest absolute Gasteiger partial charge is 0.314 e. The van der Waals surface area contributed by atoms with E-state index in [1.54, 1.807) is 0 Å². The molecule has 1 aromatic rings. The van der Waals surface area contributed by atoms with Crippen LogP contribution in [0.15, 0.2) is 18.2 Å². The number of hydrogen-bond acceptors (Lipinski definition) is 2. The average molecular weight is 376 g/mol. The molecule has 0 saturated carbocycles. The van der Waals surface area contributed by atoms with E-state index >= 15 is 0 Å². The first-order valence-corrected chi connectivity index (χ1v) is 7.51. The summed E-state index contributed by atoms with van der Waals surface area (Å²) in [6, 6.07) is -0.457. The Labute approximate surface area is 138 Å². The van der Waals surface area contributed by atoms with Crippen LogP contribution in [0.3, 0.4) is 0 Å². The van der Waals surface area contributed by atoms with Crippen molar-refractivity contribution < 1.29 is 35.1 Å². The maximum Gasteiger partial charge on any atom is 0.416 e. The van der Waals surface area contributed by atoms with E-state index in [0.717, 1.165) is 0 Å². The van der Waals surface area contributed by atoms with Gasteiger partial charge < -0.3 is 5.32 Å². The second kappa shape index (κ2) is 7.45. The molecular weight excluding hydrogens is 360 g/mol. The lowest BCUT2D eigenvalue weighted by atomic mass is 9.93. The first kappa shape index (κ1) is 19.9. The monoisotopic (exact) mass is 376 g/mol. The second-order valence-electron chi connectivity index (χ2n) is 5.73. The van der Waals surface area contributed by atoms with Crippen molar-refractivity contribution in [1.29, 1.82) is 0 Å². The molecule has 0 radical (unpaired) electrons. The quantitative estimate of drug-likeness (QED) is 0.788. The molecule has 1 aliphatic rings. The van der Waals surface area contributed by atoms with Crippen LogP contribution in [-0.2, 0) is 12.4 Å². The molecule has 1 N–H and O–H groups in total. The molecule has 0 amide bonds. The third-order valence-corrected chi connectivity index (χ3v) is 4.04. The Morgan fingerprint density at radius 2 is 1.56 bits per heavy atom. The van der Waals surface area contributed by atoms with Gasteiger partial charge in [0.1, 0.15) is 0 Å². The number of nitrogens with one attached hydrogen (secondary N) is 1. The van der Waals surface area contributed by atoms with Crippen LogP contribution in [0.25, 0.3) is 0 Å². The largest absolute Gasteiger partial charge is 0.416 e. The normalized spacial score (nSPS) is 18.6. The minimum atomic E-state index is -4.94. The third kappa shape index (κ3) is 5.04. The third-order valence-electron chi connectivity index (χ3n) is 4.04. The van der Waals surface area contributed by atoms with Gasteiger partial charge in [0.2, 0.25) is 6.43 Å². The van der Waals surface area contributed by atoms with Crippen molar-refractivity contribution in [3.05, 3.63) is 34.9 Å². The summed E-state index contributed by atoms with van der Waals surface area (Å²) in [5, 5.41) is 2.92. The van der Waals surface area contributed by atoms with Crippen LogP contribution in [0.2, 0.25) is 0 Å². The number of benzene rings is 1. The maximum atomic E-state index is 13.2. The van der Waals surface area contributed by atoms with Gasteiger partial charge in [0.05, 0.1) is 11.1 Å². The van der Waals surface area contributed by atoms with Gasteiger partial charge in [-0.1, -0.05) is 0 Å². The number of piperazine rings is 1. The molecule has 1 aromatic carbocycles. The molecule has 1 fully saturated rings. The Morgan fingerprint density at radius 1 is 0.960 bits per heavy atom. The Hall–Kier alpha value is -1.42. The minimum absolute atomic E-state index is 0.172. The van der Waals surface area contributed by atoms with Crippen molar-refractivity contribution in [2.75, 3.05) is 26.2 Å². The van der Waals surface area contributed by atoms with Crippen molar-refractivity contribution in [2.45, 2.75) is 31.2 Å². The summed E-state index contributed by atoms with van der Waals surface area (Å²) in [4.78, 5) is 1.37. The number of hydrogen-bond donors (Lipinski definition) is 1. The predicted octanol–water partition coefficient (Wildman–Crippen LogP) is 4.33. The summed E-state index contributed by atoms with van der Waals surface area (Å²) in [7, 11) is 0. The zero-order valence-corrected chi connectivity index (χ0v) is 12.9. The molecule has 1 saturated heterocycles. The molecule has 2 nitrogen and oxygen atoms in total. The second-order valence-corrected chi connectivity index (χ2v) is 5.73. The topological polar surface area (TPSA) is 15.3 Å². The predicted molar refractivity (Wildman–Crippen MR) is 74.3 cm³/mol. The fourth-order valence-corrected chi connectivity index (χ4v) is 2.91. The SMILES string of the molecule is FC(F)C[C@@H](c1cc(C(F)(F)F)ccc1C(F)(F)F)N1CCNCC1.